The van der Waals surface area contributed by atoms with Crippen LogP contribution in [0.4, 0.5) is 22.7 Å². The molecule has 0 aliphatic carbocycles. The van der Waals surface area contributed by atoms with Crippen molar-refractivity contribution in [3.8, 4) is 5.75 Å². The van der Waals surface area contributed by atoms with E-state index in [-0.39, 0.29) is 5.91 Å². The summed E-state index contributed by atoms with van der Waals surface area (Å²) in [4.78, 5) is 18.6. The quantitative estimate of drug-likeness (QED) is 0.626. The molecule has 0 saturated carbocycles. The molecule has 0 radical (unpaired) electrons. The molecule has 0 unspecified atom stereocenters. The molecule has 0 fully saturated rings. The summed E-state index contributed by atoms with van der Waals surface area (Å²) in [5.74, 6) is 0.231. The Morgan fingerprint density at radius 2 is 1.68 bits per heavy atom. The molecule has 0 atom stereocenters. The molecule has 144 valence electrons. The van der Waals surface area contributed by atoms with Gasteiger partial charge in [0.1, 0.15) is 11.4 Å². The molecule has 7 heteroatoms. The maximum atomic E-state index is 12.4. The lowest BCUT2D eigenvalue weighted by molar-refractivity contribution is 0.102. The molecule has 1 heterocycles. The fourth-order valence-corrected chi connectivity index (χ4v) is 2.81. The zero-order chi connectivity index (χ0) is 20.1. The molecule has 0 saturated heterocycles. The molecule has 0 aliphatic heterocycles. The van der Waals surface area contributed by atoms with E-state index >= 15 is 0 Å². The highest BCUT2D eigenvalue weighted by Crippen LogP contribution is 2.27. The van der Waals surface area contributed by atoms with Gasteiger partial charge in [0.15, 0.2) is 0 Å². The van der Waals surface area contributed by atoms with Gasteiger partial charge in [-0.15, -0.1) is 0 Å². The second-order valence-corrected chi connectivity index (χ2v) is 6.71. The Hall–Kier alpha value is -3.25. The van der Waals surface area contributed by atoms with Crippen LogP contribution in [-0.2, 0) is 0 Å². The minimum absolute atomic E-state index is 0.306. The predicted octanol–water partition coefficient (Wildman–Crippen LogP) is 4.81. The molecular weight excluding hydrogens is 376 g/mol. The van der Waals surface area contributed by atoms with E-state index in [1.165, 1.54) is 7.11 Å². The smallest absolute Gasteiger partial charge is 0.274 e. The minimum atomic E-state index is -0.317. The first-order valence-electron chi connectivity index (χ1n) is 8.61. The van der Waals surface area contributed by atoms with E-state index in [0.717, 1.165) is 17.1 Å². The lowest BCUT2D eigenvalue weighted by atomic mass is 10.2. The molecule has 6 nitrogen and oxygen atoms in total. The van der Waals surface area contributed by atoms with Gasteiger partial charge in [-0.05, 0) is 54.6 Å². The minimum Gasteiger partial charge on any atom is -0.495 e. The summed E-state index contributed by atoms with van der Waals surface area (Å²) < 4.78 is 5.10. The van der Waals surface area contributed by atoms with Gasteiger partial charge in [-0.2, -0.15) is 0 Å². The Bertz CT molecular complexity index is 957. The number of methoxy groups -OCH3 is 1. The number of ether oxygens (including phenoxy) is 1. The van der Waals surface area contributed by atoms with Gasteiger partial charge in [-0.25, -0.2) is 4.98 Å². The Kier molecular flexibility index (Phi) is 6.01. The summed E-state index contributed by atoms with van der Waals surface area (Å²) >= 11 is 6.08. The number of aromatic nitrogens is 1. The maximum absolute atomic E-state index is 12.4. The van der Waals surface area contributed by atoms with Gasteiger partial charge < -0.3 is 20.3 Å². The normalized spacial score (nSPS) is 10.3. The summed E-state index contributed by atoms with van der Waals surface area (Å²) in [6.07, 6.45) is 1.62. The number of amides is 1. The summed E-state index contributed by atoms with van der Waals surface area (Å²) in [6, 6.07) is 16.5. The monoisotopic (exact) mass is 396 g/mol. The molecule has 0 spiro atoms. The highest BCUT2D eigenvalue weighted by Gasteiger charge is 2.09. The van der Waals surface area contributed by atoms with Crippen molar-refractivity contribution in [2.45, 2.75) is 0 Å². The van der Waals surface area contributed by atoms with Crippen molar-refractivity contribution in [2.75, 3.05) is 36.7 Å². The Balaban J connectivity index is 1.64. The van der Waals surface area contributed by atoms with E-state index in [0.29, 0.717) is 22.2 Å². The number of hydrogen-bond donors (Lipinski definition) is 2. The summed E-state index contributed by atoms with van der Waals surface area (Å²) in [5.41, 5.74) is 3.73. The van der Waals surface area contributed by atoms with Crippen LogP contribution in [0.3, 0.4) is 0 Å². The third-order valence-electron chi connectivity index (χ3n) is 4.08. The SMILES string of the molecule is COc1ccc(NC(=O)c2ccc(Nc3ccc(N(C)C)cc3)cn2)cc1Cl. The largest absolute Gasteiger partial charge is 0.495 e. The highest BCUT2D eigenvalue weighted by molar-refractivity contribution is 6.32. The van der Waals surface area contributed by atoms with Crippen LogP contribution in [0, 0.1) is 0 Å². The predicted molar refractivity (Wildman–Crippen MR) is 114 cm³/mol. The first-order valence-corrected chi connectivity index (χ1v) is 8.99. The molecule has 28 heavy (non-hydrogen) atoms. The van der Waals surface area contributed by atoms with Gasteiger partial charge in [0.2, 0.25) is 0 Å². The lowest BCUT2D eigenvalue weighted by Gasteiger charge is -2.13. The first-order chi connectivity index (χ1) is 13.5. The van der Waals surface area contributed by atoms with Crippen LogP contribution in [0.5, 0.6) is 5.75 Å². The number of nitrogens with zero attached hydrogens (tertiary/aromatic N) is 2. The number of anilines is 4. The molecule has 0 aliphatic rings. The second kappa shape index (κ2) is 8.63. The third-order valence-corrected chi connectivity index (χ3v) is 4.37. The fraction of sp³-hybridized carbons (Fsp3) is 0.143. The van der Waals surface area contributed by atoms with Crippen molar-refractivity contribution in [2.24, 2.45) is 0 Å². The van der Waals surface area contributed by atoms with Crippen molar-refractivity contribution >= 4 is 40.3 Å². The number of halogens is 1. The molecule has 2 N–H and O–H groups in total. The van der Waals surface area contributed by atoms with Crippen LogP contribution >= 0.6 is 11.6 Å². The Labute approximate surface area is 169 Å². The molecular formula is C21H21ClN4O2. The number of carbonyl (C=O) groups is 1. The maximum Gasteiger partial charge on any atom is 0.274 e. The number of nitrogens with one attached hydrogen (secondary N) is 2. The van der Waals surface area contributed by atoms with E-state index in [2.05, 4.69) is 15.6 Å². The average molecular weight is 397 g/mol. The summed E-state index contributed by atoms with van der Waals surface area (Å²) in [7, 11) is 5.53. The van der Waals surface area contributed by atoms with E-state index in [4.69, 9.17) is 16.3 Å². The zero-order valence-electron chi connectivity index (χ0n) is 15.9. The molecule has 1 aromatic heterocycles. The standard InChI is InChI=1S/C21H21ClN4O2/c1-26(2)17-8-4-14(5-9-17)24-16-6-10-19(23-13-16)21(27)25-15-7-11-20(28-3)18(22)12-15/h4-13,24H,1-3H3,(H,25,27). The third kappa shape index (κ3) is 4.72. The van der Waals surface area contributed by atoms with E-state index in [1.54, 1.807) is 30.5 Å². The van der Waals surface area contributed by atoms with Crippen LogP contribution < -0.4 is 20.3 Å². The number of pyridine rings is 1. The molecule has 3 aromatic rings. The molecule has 1 amide bonds. The zero-order valence-corrected chi connectivity index (χ0v) is 16.6. The van der Waals surface area contributed by atoms with Crippen LogP contribution in [0.25, 0.3) is 0 Å². The van der Waals surface area contributed by atoms with Gasteiger partial charge in [0, 0.05) is 31.2 Å². The van der Waals surface area contributed by atoms with Gasteiger partial charge in [-0.3, -0.25) is 4.79 Å². The molecule has 0 bridgehead atoms. The van der Waals surface area contributed by atoms with E-state index < -0.39 is 0 Å². The first kappa shape index (κ1) is 19.5. The van der Waals surface area contributed by atoms with Gasteiger partial charge in [-0.1, -0.05) is 11.6 Å². The van der Waals surface area contributed by atoms with Gasteiger partial charge in [0.25, 0.3) is 5.91 Å². The molecule has 3 rings (SSSR count). The van der Waals surface area contributed by atoms with E-state index in [9.17, 15) is 4.79 Å². The van der Waals surface area contributed by atoms with Crippen LogP contribution in [0.1, 0.15) is 10.5 Å². The summed E-state index contributed by atoms with van der Waals surface area (Å²) in [6.45, 7) is 0. The number of benzene rings is 2. The lowest BCUT2D eigenvalue weighted by Crippen LogP contribution is -2.13. The number of carbonyl (C=O) groups excluding carboxylic acids is 1. The van der Waals surface area contributed by atoms with Crippen molar-refractivity contribution in [3.05, 3.63) is 71.5 Å². The van der Waals surface area contributed by atoms with Crippen molar-refractivity contribution in [1.29, 1.82) is 0 Å². The molecule has 2 aromatic carbocycles. The topological polar surface area (TPSA) is 66.5 Å². The van der Waals surface area contributed by atoms with E-state index in [1.807, 2.05) is 49.3 Å². The summed E-state index contributed by atoms with van der Waals surface area (Å²) in [5, 5.41) is 6.46. The second-order valence-electron chi connectivity index (χ2n) is 6.30. The van der Waals surface area contributed by atoms with Crippen molar-refractivity contribution in [3.63, 3.8) is 0 Å². The van der Waals surface area contributed by atoms with Crippen LogP contribution in [0.15, 0.2) is 60.8 Å². The Morgan fingerprint density at radius 3 is 2.25 bits per heavy atom. The number of rotatable bonds is 6. The highest BCUT2D eigenvalue weighted by atomic mass is 35.5. The average Bonchev–Trinajstić information content (AvgIpc) is 2.69. The fourth-order valence-electron chi connectivity index (χ4n) is 2.55. The van der Waals surface area contributed by atoms with Gasteiger partial charge >= 0.3 is 0 Å². The number of hydrogen-bond acceptors (Lipinski definition) is 5. The van der Waals surface area contributed by atoms with Crippen LogP contribution in [-0.4, -0.2) is 32.1 Å². The van der Waals surface area contributed by atoms with Gasteiger partial charge in [0.05, 0.1) is 24.0 Å². The van der Waals surface area contributed by atoms with Crippen LogP contribution in [0.2, 0.25) is 5.02 Å². The van der Waals surface area contributed by atoms with Crippen molar-refractivity contribution in [1.82, 2.24) is 4.98 Å². The van der Waals surface area contributed by atoms with Crippen molar-refractivity contribution < 1.29 is 9.53 Å². The Morgan fingerprint density at radius 1 is 1.00 bits per heavy atom.